The average molecular weight is 360 g/mol. The van der Waals surface area contributed by atoms with E-state index in [2.05, 4.69) is 46.7 Å². The van der Waals surface area contributed by atoms with Crippen molar-refractivity contribution in [2.24, 2.45) is 10.7 Å². The number of hydrogen-bond acceptors (Lipinski definition) is 4. The lowest BCUT2D eigenvalue weighted by atomic mass is 10.1. The van der Waals surface area contributed by atoms with E-state index in [0.717, 1.165) is 14.6 Å². The lowest BCUT2D eigenvalue weighted by Crippen LogP contribution is -2.38. The van der Waals surface area contributed by atoms with Crippen molar-refractivity contribution in [3.63, 3.8) is 0 Å². The largest absolute Gasteiger partial charge is 0.370 e. The van der Waals surface area contributed by atoms with Crippen molar-refractivity contribution in [3.8, 4) is 0 Å². The Morgan fingerprint density at radius 1 is 1.35 bits per heavy atom. The van der Waals surface area contributed by atoms with Crippen molar-refractivity contribution >= 4 is 37.8 Å². The molecular formula is C11H12Br2N4. The van der Waals surface area contributed by atoms with Gasteiger partial charge >= 0.3 is 0 Å². The molecule has 17 heavy (non-hydrogen) atoms. The number of aromatic nitrogens is 1. The number of rotatable bonds is 2. The van der Waals surface area contributed by atoms with Gasteiger partial charge in [0.1, 0.15) is 0 Å². The summed E-state index contributed by atoms with van der Waals surface area (Å²) in [5, 5.41) is 0. The molecule has 3 rings (SSSR count). The van der Waals surface area contributed by atoms with Crippen LogP contribution < -0.4 is 5.73 Å². The molecule has 0 amide bonds. The second kappa shape index (κ2) is 4.24. The molecule has 1 fully saturated rings. The highest BCUT2D eigenvalue weighted by Crippen LogP contribution is 2.38. The molecule has 1 aliphatic carbocycles. The zero-order chi connectivity index (χ0) is 12.0. The number of hydrogen-bond donors (Lipinski definition) is 1. The fraction of sp³-hybridized carbons (Fsp3) is 0.455. The first kappa shape index (κ1) is 11.5. The van der Waals surface area contributed by atoms with Gasteiger partial charge in [-0.05, 0) is 50.8 Å². The smallest absolute Gasteiger partial charge is 0.192 e. The number of guanidine groups is 1. The molecule has 6 heteroatoms. The van der Waals surface area contributed by atoms with Crippen molar-refractivity contribution in [2.45, 2.75) is 24.9 Å². The van der Waals surface area contributed by atoms with Gasteiger partial charge in [0.2, 0.25) is 0 Å². The predicted molar refractivity (Wildman–Crippen MR) is 73.7 cm³/mol. The van der Waals surface area contributed by atoms with Gasteiger partial charge in [0.05, 0.1) is 18.3 Å². The van der Waals surface area contributed by atoms with Crippen LogP contribution in [0.25, 0.3) is 0 Å². The number of nitrogens with zero attached hydrogens (tertiary/aromatic N) is 3. The van der Waals surface area contributed by atoms with Crippen LogP contribution >= 0.6 is 31.9 Å². The Hall–Kier alpha value is -0.620. The lowest BCUT2D eigenvalue weighted by Gasteiger charge is -2.26. The number of nitrogens with two attached hydrogens (primary N) is 1. The molecule has 0 aromatic carbocycles. The highest BCUT2D eigenvalue weighted by atomic mass is 79.9. The van der Waals surface area contributed by atoms with E-state index in [9.17, 15) is 0 Å². The Bertz CT molecular complexity index is 484. The second-order valence-electron chi connectivity index (χ2n) is 4.37. The molecule has 1 aromatic heterocycles. The Balaban J connectivity index is 1.93. The zero-order valence-electron chi connectivity index (χ0n) is 9.11. The van der Waals surface area contributed by atoms with Gasteiger partial charge in [0, 0.05) is 21.2 Å². The molecule has 0 bridgehead atoms. The van der Waals surface area contributed by atoms with E-state index >= 15 is 0 Å². The second-order valence-corrected chi connectivity index (χ2v) is 6.14. The summed E-state index contributed by atoms with van der Waals surface area (Å²) < 4.78 is 1.98. The van der Waals surface area contributed by atoms with Crippen LogP contribution in [0.5, 0.6) is 0 Å². The van der Waals surface area contributed by atoms with E-state index in [1.807, 2.05) is 12.3 Å². The SMILES string of the molecule is NC1=NCC(c2ncc(Br)cc2Br)N1C1CC1. The third kappa shape index (κ3) is 2.08. The van der Waals surface area contributed by atoms with Gasteiger partial charge in [0.15, 0.2) is 5.96 Å². The van der Waals surface area contributed by atoms with E-state index in [0.29, 0.717) is 18.5 Å². The fourth-order valence-corrected chi connectivity index (χ4v) is 3.44. The van der Waals surface area contributed by atoms with Crippen LogP contribution in [0.4, 0.5) is 0 Å². The summed E-state index contributed by atoms with van der Waals surface area (Å²) in [5.74, 6) is 0.661. The Morgan fingerprint density at radius 3 is 2.76 bits per heavy atom. The average Bonchev–Trinajstić information content (AvgIpc) is 3.03. The molecule has 1 unspecified atom stereocenters. The van der Waals surface area contributed by atoms with Crippen LogP contribution in [-0.4, -0.2) is 28.4 Å². The summed E-state index contributed by atoms with van der Waals surface area (Å²) in [7, 11) is 0. The molecule has 0 spiro atoms. The number of pyridine rings is 1. The predicted octanol–water partition coefficient (Wildman–Crippen LogP) is 2.44. The maximum atomic E-state index is 5.95. The maximum Gasteiger partial charge on any atom is 0.192 e. The summed E-state index contributed by atoms with van der Waals surface area (Å²) in [6.45, 7) is 0.704. The number of aliphatic imine (C=N–C) groups is 1. The molecule has 1 atom stereocenters. The summed E-state index contributed by atoms with van der Waals surface area (Å²) in [6, 6.07) is 2.76. The van der Waals surface area contributed by atoms with E-state index < -0.39 is 0 Å². The van der Waals surface area contributed by atoms with Crippen LogP contribution in [0.3, 0.4) is 0 Å². The molecule has 1 aromatic rings. The standard InChI is InChI=1S/C11H12Br2N4/c12-6-3-8(13)10(15-4-6)9-5-16-11(14)17(9)7-1-2-7/h3-4,7,9H,1-2,5H2,(H2,14,16). The molecule has 4 nitrogen and oxygen atoms in total. The lowest BCUT2D eigenvalue weighted by molar-refractivity contribution is 0.331. The normalized spacial score (nSPS) is 24.0. The van der Waals surface area contributed by atoms with E-state index in [1.54, 1.807) is 0 Å². The minimum absolute atomic E-state index is 0.185. The summed E-state index contributed by atoms with van der Waals surface area (Å²) >= 11 is 6.98. The molecule has 1 aliphatic heterocycles. The van der Waals surface area contributed by atoms with Gasteiger partial charge in [-0.15, -0.1) is 0 Å². The van der Waals surface area contributed by atoms with E-state index in [-0.39, 0.29) is 6.04 Å². The number of halogens is 2. The van der Waals surface area contributed by atoms with Crippen LogP contribution in [-0.2, 0) is 0 Å². The van der Waals surface area contributed by atoms with E-state index in [4.69, 9.17) is 5.73 Å². The minimum Gasteiger partial charge on any atom is -0.370 e. The van der Waals surface area contributed by atoms with Crippen LogP contribution in [0.15, 0.2) is 26.2 Å². The van der Waals surface area contributed by atoms with Crippen molar-refractivity contribution in [2.75, 3.05) is 6.54 Å². The van der Waals surface area contributed by atoms with Crippen molar-refractivity contribution in [1.82, 2.24) is 9.88 Å². The van der Waals surface area contributed by atoms with Gasteiger partial charge in [-0.3, -0.25) is 9.98 Å². The van der Waals surface area contributed by atoms with Gasteiger partial charge in [-0.25, -0.2) is 0 Å². The molecule has 0 radical (unpaired) electrons. The third-order valence-corrected chi connectivity index (χ3v) is 4.19. The molecular weight excluding hydrogens is 348 g/mol. The molecule has 2 N–H and O–H groups in total. The Labute approximate surface area is 117 Å². The van der Waals surface area contributed by atoms with E-state index in [1.165, 1.54) is 12.8 Å². The van der Waals surface area contributed by atoms with Gasteiger partial charge in [0.25, 0.3) is 0 Å². The van der Waals surface area contributed by atoms with Gasteiger partial charge < -0.3 is 10.6 Å². The highest BCUT2D eigenvalue weighted by molar-refractivity contribution is 9.11. The summed E-state index contributed by atoms with van der Waals surface area (Å²) in [6.07, 6.45) is 4.24. The first-order valence-corrected chi connectivity index (χ1v) is 7.14. The third-order valence-electron chi connectivity index (χ3n) is 3.12. The van der Waals surface area contributed by atoms with Crippen molar-refractivity contribution in [1.29, 1.82) is 0 Å². The topological polar surface area (TPSA) is 54.5 Å². The molecule has 2 aliphatic rings. The fourth-order valence-electron chi connectivity index (χ4n) is 2.19. The van der Waals surface area contributed by atoms with Gasteiger partial charge in [-0.2, -0.15) is 0 Å². The maximum absolute atomic E-state index is 5.95. The molecule has 1 saturated carbocycles. The molecule has 0 saturated heterocycles. The first-order chi connectivity index (χ1) is 8.16. The quantitative estimate of drug-likeness (QED) is 0.882. The van der Waals surface area contributed by atoms with Crippen LogP contribution in [0.1, 0.15) is 24.6 Å². The Kier molecular flexibility index (Phi) is 2.86. The van der Waals surface area contributed by atoms with Crippen LogP contribution in [0.2, 0.25) is 0 Å². The minimum atomic E-state index is 0.185. The highest BCUT2D eigenvalue weighted by Gasteiger charge is 2.40. The summed E-state index contributed by atoms with van der Waals surface area (Å²) in [5.41, 5.74) is 6.97. The first-order valence-electron chi connectivity index (χ1n) is 5.56. The van der Waals surface area contributed by atoms with Crippen molar-refractivity contribution in [3.05, 3.63) is 26.9 Å². The Morgan fingerprint density at radius 2 is 2.12 bits per heavy atom. The monoisotopic (exact) mass is 358 g/mol. The van der Waals surface area contributed by atoms with Crippen molar-refractivity contribution < 1.29 is 0 Å². The van der Waals surface area contributed by atoms with Gasteiger partial charge in [-0.1, -0.05) is 0 Å². The summed E-state index contributed by atoms with van der Waals surface area (Å²) in [4.78, 5) is 11.0. The zero-order valence-corrected chi connectivity index (χ0v) is 12.3. The molecule has 2 heterocycles. The van der Waals surface area contributed by atoms with Crippen LogP contribution in [0, 0.1) is 0 Å². The molecule has 90 valence electrons.